The summed E-state index contributed by atoms with van der Waals surface area (Å²) in [6.45, 7) is -0.908. The van der Waals surface area contributed by atoms with Crippen molar-refractivity contribution in [3.63, 3.8) is 0 Å². The molecule has 1 aliphatic carbocycles. The Kier molecular flexibility index (Phi) is 4.30. The molecule has 4 rings (SSSR count). The zero-order valence-electron chi connectivity index (χ0n) is 13.2. The molecule has 142 valence electrons. The lowest BCUT2D eigenvalue weighted by Gasteiger charge is -2.43. The van der Waals surface area contributed by atoms with E-state index in [9.17, 15) is 30.6 Å². The van der Waals surface area contributed by atoms with Gasteiger partial charge in [0, 0.05) is 5.92 Å². The van der Waals surface area contributed by atoms with Gasteiger partial charge in [-0.2, -0.15) is 0 Å². The minimum atomic E-state index is -1.57. The van der Waals surface area contributed by atoms with Crippen molar-refractivity contribution < 1.29 is 49.6 Å². The molecule has 2 unspecified atom stereocenters. The van der Waals surface area contributed by atoms with Crippen LogP contribution in [0.1, 0.15) is 0 Å². The molecular formula is C15H22O10. The third kappa shape index (κ3) is 2.45. The number of aliphatic hydroxyl groups excluding tert-OH is 6. The van der Waals surface area contributed by atoms with Crippen LogP contribution in [0.4, 0.5) is 0 Å². The summed E-state index contributed by atoms with van der Waals surface area (Å²) in [5.74, 6) is -0.913. The molecule has 11 atom stereocenters. The van der Waals surface area contributed by atoms with Crippen LogP contribution in [0, 0.1) is 11.8 Å². The van der Waals surface area contributed by atoms with Crippen molar-refractivity contribution in [3.05, 3.63) is 12.3 Å². The number of epoxide rings is 1. The first-order chi connectivity index (χ1) is 11.9. The summed E-state index contributed by atoms with van der Waals surface area (Å²) in [5.41, 5.74) is -0.992. The van der Waals surface area contributed by atoms with Crippen molar-refractivity contribution in [2.24, 2.45) is 11.8 Å². The van der Waals surface area contributed by atoms with E-state index in [0.29, 0.717) is 0 Å². The van der Waals surface area contributed by atoms with E-state index >= 15 is 0 Å². The van der Waals surface area contributed by atoms with Crippen molar-refractivity contribution in [3.8, 4) is 0 Å². The van der Waals surface area contributed by atoms with Gasteiger partial charge >= 0.3 is 0 Å². The minimum absolute atomic E-state index is 0.332. The molecule has 6 N–H and O–H groups in total. The summed E-state index contributed by atoms with van der Waals surface area (Å²) in [6.07, 6.45) is -6.47. The van der Waals surface area contributed by atoms with Gasteiger partial charge in [0.25, 0.3) is 0 Å². The van der Waals surface area contributed by atoms with Gasteiger partial charge in [-0.25, -0.2) is 0 Å². The predicted octanol–water partition coefficient (Wildman–Crippen LogP) is -3.59. The largest absolute Gasteiger partial charge is 0.472 e. The first-order valence-corrected chi connectivity index (χ1v) is 8.19. The molecule has 3 aliphatic heterocycles. The Morgan fingerprint density at radius 3 is 2.40 bits per heavy atom. The molecule has 10 nitrogen and oxygen atoms in total. The van der Waals surface area contributed by atoms with Gasteiger partial charge in [-0.3, -0.25) is 0 Å². The average Bonchev–Trinajstić information content (AvgIpc) is 3.31. The van der Waals surface area contributed by atoms with Gasteiger partial charge in [-0.15, -0.1) is 0 Å². The number of ether oxygens (including phenoxy) is 4. The van der Waals surface area contributed by atoms with Gasteiger partial charge in [-0.05, 0) is 6.08 Å². The van der Waals surface area contributed by atoms with Crippen LogP contribution in [-0.2, 0) is 18.9 Å². The highest BCUT2D eigenvalue weighted by Crippen LogP contribution is 2.59. The number of hydrogen-bond acceptors (Lipinski definition) is 10. The third-order valence-corrected chi connectivity index (χ3v) is 5.62. The Balaban J connectivity index is 1.53. The van der Waals surface area contributed by atoms with Crippen LogP contribution < -0.4 is 0 Å². The lowest BCUT2D eigenvalue weighted by molar-refractivity contribution is -0.344. The van der Waals surface area contributed by atoms with Crippen molar-refractivity contribution in [1.82, 2.24) is 0 Å². The molecule has 0 aromatic rings. The minimum Gasteiger partial charge on any atom is -0.472 e. The average molecular weight is 362 g/mol. The van der Waals surface area contributed by atoms with E-state index in [1.807, 2.05) is 0 Å². The van der Waals surface area contributed by atoms with Crippen molar-refractivity contribution in [2.75, 3.05) is 13.2 Å². The van der Waals surface area contributed by atoms with Crippen LogP contribution in [0.5, 0.6) is 0 Å². The molecule has 0 aromatic heterocycles. The van der Waals surface area contributed by atoms with Crippen LogP contribution in [0.2, 0.25) is 0 Å². The van der Waals surface area contributed by atoms with E-state index in [2.05, 4.69) is 0 Å². The first-order valence-electron chi connectivity index (χ1n) is 8.19. The van der Waals surface area contributed by atoms with Crippen LogP contribution in [-0.4, -0.2) is 98.7 Å². The molecule has 4 aliphatic rings. The van der Waals surface area contributed by atoms with E-state index in [-0.39, 0.29) is 12.5 Å². The smallest absolute Gasteiger partial charge is 0.208 e. The topological polar surface area (TPSA) is 162 Å². The fourth-order valence-corrected chi connectivity index (χ4v) is 4.17. The summed E-state index contributed by atoms with van der Waals surface area (Å²) in [4.78, 5) is 0. The summed E-state index contributed by atoms with van der Waals surface area (Å²) < 4.78 is 21.9. The van der Waals surface area contributed by atoms with Crippen LogP contribution in [0.15, 0.2) is 12.3 Å². The summed E-state index contributed by atoms with van der Waals surface area (Å²) >= 11 is 0. The second-order valence-electron chi connectivity index (χ2n) is 6.91. The predicted molar refractivity (Wildman–Crippen MR) is 76.5 cm³/mol. The van der Waals surface area contributed by atoms with Gasteiger partial charge in [-0.1, -0.05) is 0 Å². The maximum atomic E-state index is 10.3. The normalized spacial score (nSPS) is 56.9. The molecule has 25 heavy (non-hydrogen) atoms. The second kappa shape index (κ2) is 6.12. The van der Waals surface area contributed by atoms with Gasteiger partial charge in [0.1, 0.15) is 36.1 Å². The Labute approximate surface area is 142 Å². The maximum Gasteiger partial charge on any atom is 0.208 e. The maximum absolute atomic E-state index is 10.3. The van der Waals surface area contributed by atoms with Crippen LogP contribution >= 0.6 is 0 Å². The molecule has 10 heteroatoms. The fraction of sp³-hybridized carbons (Fsp3) is 0.867. The molecular weight excluding hydrogens is 340 g/mol. The fourth-order valence-electron chi connectivity index (χ4n) is 4.17. The van der Waals surface area contributed by atoms with Crippen LogP contribution in [0.25, 0.3) is 0 Å². The Hall–Kier alpha value is -0.820. The van der Waals surface area contributed by atoms with E-state index in [4.69, 9.17) is 18.9 Å². The summed E-state index contributed by atoms with van der Waals surface area (Å²) in [6, 6.07) is 0. The van der Waals surface area contributed by atoms with E-state index in [1.165, 1.54) is 6.26 Å². The van der Waals surface area contributed by atoms with Crippen LogP contribution in [0.3, 0.4) is 0 Å². The highest BCUT2D eigenvalue weighted by molar-refractivity contribution is 5.24. The standard InChI is InChI=1S/C15H22O10/c16-3-6-9(19)10(20)11(21)14(23-6)24-13-7-5(1-2-22-13)8(18)12-15(7,4-17)25-12/h1-2,5-14,16-21H,3-4H2/t5?,6-,7?,8+,9-,10+,11-,12+,13+,14+,15-/m1/s1. The Bertz CT molecular complexity index is 540. The molecule has 0 aromatic carbocycles. The van der Waals surface area contributed by atoms with Gasteiger partial charge in [0.2, 0.25) is 6.29 Å². The highest BCUT2D eigenvalue weighted by Gasteiger charge is 2.75. The number of rotatable bonds is 4. The zero-order chi connectivity index (χ0) is 17.9. The zero-order valence-corrected chi connectivity index (χ0v) is 13.2. The second-order valence-corrected chi connectivity index (χ2v) is 6.91. The first kappa shape index (κ1) is 17.6. The van der Waals surface area contributed by atoms with Gasteiger partial charge in [0.15, 0.2) is 6.29 Å². The van der Waals surface area contributed by atoms with E-state index < -0.39 is 67.3 Å². The van der Waals surface area contributed by atoms with Crippen molar-refractivity contribution in [2.45, 2.75) is 54.8 Å². The molecule has 3 heterocycles. The van der Waals surface area contributed by atoms with E-state index in [0.717, 1.165) is 0 Å². The Morgan fingerprint density at radius 1 is 0.960 bits per heavy atom. The van der Waals surface area contributed by atoms with Crippen molar-refractivity contribution >= 4 is 0 Å². The lowest BCUT2D eigenvalue weighted by Crippen LogP contribution is -2.60. The number of aliphatic hydroxyl groups is 6. The third-order valence-electron chi connectivity index (χ3n) is 5.62. The number of fused-ring (bicyclic) bond motifs is 3. The quantitative estimate of drug-likeness (QED) is 0.276. The molecule has 3 fully saturated rings. The highest BCUT2D eigenvalue weighted by atomic mass is 16.8. The monoisotopic (exact) mass is 362 g/mol. The SMILES string of the molecule is OC[C@H]1O[C@@H](O[C@@H]2OC=CC3C2[C@@]2(CO)O[C@H]2[C@H]3O)[C@H](O)[C@@H](O)[C@@H]1O. The molecule has 0 bridgehead atoms. The molecule has 2 saturated heterocycles. The molecule has 0 radical (unpaired) electrons. The van der Waals surface area contributed by atoms with Gasteiger partial charge in [0.05, 0.1) is 31.5 Å². The molecule has 0 amide bonds. The number of hydrogen-bond donors (Lipinski definition) is 6. The summed E-state index contributed by atoms with van der Waals surface area (Å²) in [5, 5.41) is 59.0. The van der Waals surface area contributed by atoms with E-state index in [1.54, 1.807) is 6.08 Å². The summed E-state index contributed by atoms with van der Waals surface area (Å²) in [7, 11) is 0. The lowest BCUT2D eigenvalue weighted by atomic mass is 9.85. The molecule has 0 spiro atoms. The molecule has 1 saturated carbocycles. The van der Waals surface area contributed by atoms with Crippen molar-refractivity contribution in [1.29, 1.82) is 0 Å². The Morgan fingerprint density at radius 2 is 1.72 bits per heavy atom. The van der Waals surface area contributed by atoms with Gasteiger partial charge < -0.3 is 49.6 Å².